The Hall–Kier alpha value is -1.92. The molecule has 0 fully saturated rings. The number of benzene rings is 1. The second kappa shape index (κ2) is 6.49. The molecule has 0 aliphatic heterocycles. The smallest absolute Gasteiger partial charge is 0.422 e. The molecule has 0 saturated carbocycles. The van der Waals surface area contributed by atoms with E-state index < -0.39 is 12.8 Å². The van der Waals surface area contributed by atoms with E-state index in [4.69, 9.17) is 5.73 Å². The van der Waals surface area contributed by atoms with Crippen molar-refractivity contribution in [1.82, 2.24) is 5.32 Å². The Morgan fingerprint density at radius 2 is 2.05 bits per heavy atom. The van der Waals surface area contributed by atoms with Crippen LogP contribution in [0, 0.1) is 5.92 Å². The fourth-order valence-corrected chi connectivity index (χ4v) is 1.38. The minimum absolute atomic E-state index is 0.00792. The van der Waals surface area contributed by atoms with Gasteiger partial charge in [0.25, 0.3) is 5.91 Å². The standard InChI is InChI=1S/C13H17F3N2O2/c1-8(2)6-18-12(19)9-3-4-11(10(17)5-9)20-7-13(14,15)16/h3-5,8H,6-7,17H2,1-2H3,(H,18,19). The first-order chi connectivity index (χ1) is 9.19. The number of halogens is 3. The maximum Gasteiger partial charge on any atom is 0.422 e. The quantitative estimate of drug-likeness (QED) is 0.819. The van der Waals surface area contributed by atoms with Gasteiger partial charge in [0.15, 0.2) is 6.61 Å². The molecule has 1 aromatic rings. The fourth-order valence-electron chi connectivity index (χ4n) is 1.38. The molecular formula is C13H17F3N2O2. The third kappa shape index (κ3) is 5.38. The molecule has 3 N–H and O–H groups in total. The zero-order valence-corrected chi connectivity index (χ0v) is 11.3. The van der Waals surface area contributed by atoms with E-state index in [0.717, 1.165) is 0 Å². The first-order valence-corrected chi connectivity index (χ1v) is 6.06. The van der Waals surface area contributed by atoms with E-state index in [9.17, 15) is 18.0 Å². The summed E-state index contributed by atoms with van der Waals surface area (Å²) in [6.07, 6.45) is -4.43. The van der Waals surface area contributed by atoms with Crippen LogP contribution < -0.4 is 15.8 Å². The van der Waals surface area contributed by atoms with Gasteiger partial charge < -0.3 is 15.8 Å². The zero-order chi connectivity index (χ0) is 15.3. The van der Waals surface area contributed by atoms with Crippen molar-refractivity contribution in [3.05, 3.63) is 23.8 Å². The minimum atomic E-state index is -4.43. The molecular weight excluding hydrogens is 273 g/mol. The molecule has 20 heavy (non-hydrogen) atoms. The van der Waals surface area contributed by atoms with Crippen LogP contribution >= 0.6 is 0 Å². The van der Waals surface area contributed by atoms with Crippen molar-refractivity contribution in [3.63, 3.8) is 0 Å². The summed E-state index contributed by atoms with van der Waals surface area (Å²) >= 11 is 0. The monoisotopic (exact) mass is 290 g/mol. The number of anilines is 1. The molecule has 1 amide bonds. The molecule has 1 aromatic carbocycles. The molecule has 0 radical (unpaired) electrons. The minimum Gasteiger partial charge on any atom is -0.482 e. The number of amides is 1. The van der Waals surface area contributed by atoms with Crippen molar-refractivity contribution >= 4 is 11.6 Å². The molecule has 0 bridgehead atoms. The average molecular weight is 290 g/mol. The van der Waals surface area contributed by atoms with E-state index in [2.05, 4.69) is 10.1 Å². The van der Waals surface area contributed by atoms with Gasteiger partial charge in [0.2, 0.25) is 0 Å². The van der Waals surface area contributed by atoms with Gasteiger partial charge in [-0.25, -0.2) is 0 Å². The first kappa shape index (κ1) is 16.1. The summed E-state index contributed by atoms with van der Waals surface area (Å²) < 4.78 is 40.6. The van der Waals surface area contributed by atoms with Crippen LogP contribution in [0.5, 0.6) is 5.75 Å². The van der Waals surface area contributed by atoms with E-state index in [1.807, 2.05) is 13.8 Å². The number of alkyl halides is 3. The summed E-state index contributed by atoms with van der Waals surface area (Å²) in [5.74, 6) is -0.124. The van der Waals surface area contributed by atoms with Gasteiger partial charge in [0.1, 0.15) is 5.75 Å². The number of nitrogen functional groups attached to an aromatic ring is 1. The number of hydrogen-bond donors (Lipinski definition) is 2. The molecule has 0 heterocycles. The first-order valence-electron chi connectivity index (χ1n) is 6.06. The second-order valence-corrected chi connectivity index (χ2v) is 4.76. The molecule has 7 heteroatoms. The summed E-state index contributed by atoms with van der Waals surface area (Å²) in [6, 6.07) is 3.92. The maximum absolute atomic E-state index is 12.0. The third-order valence-corrected chi connectivity index (χ3v) is 2.33. The highest BCUT2D eigenvalue weighted by atomic mass is 19.4. The highest BCUT2D eigenvalue weighted by molar-refractivity contribution is 5.95. The summed E-state index contributed by atoms with van der Waals surface area (Å²) in [5.41, 5.74) is 5.84. The molecule has 0 aliphatic carbocycles. The van der Waals surface area contributed by atoms with Crippen molar-refractivity contribution in [2.24, 2.45) is 5.92 Å². The second-order valence-electron chi connectivity index (χ2n) is 4.76. The number of rotatable bonds is 5. The van der Waals surface area contributed by atoms with E-state index in [1.165, 1.54) is 18.2 Å². The van der Waals surface area contributed by atoms with Crippen molar-refractivity contribution in [2.75, 3.05) is 18.9 Å². The van der Waals surface area contributed by atoms with Crippen LogP contribution in [-0.2, 0) is 0 Å². The molecule has 112 valence electrons. The fraction of sp³-hybridized carbons (Fsp3) is 0.462. The van der Waals surface area contributed by atoms with Crippen molar-refractivity contribution < 1.29 is 22.7 Å². The molecule has 0 aromatic heterocycles. The predicted molar refractivity (Wildman–Crippen MR) is 69.6 cm³/mol. The lowest BCUT2D eigenvalue weighted by molar-refractivity contribution is -0.153. The van der Waals surface area contributed by atoms with Crippen LogP contribution in [0.4, 0.5) is 18.9 Å². The van der Waals surface area contributed by atoms with Crippen LogP contribution in [0.2, 0.25) is 0 Å². The summed E-state index contributed by atoms with van der Waals surface area (Å²) in [6.45, 7) is 2.98. The number of carbonyl (C=O) groups excluding carboxylic acids is 1. The highest BCUT2D eigenvalue weighted by Crippen LogP contribution is 2.25. The zero-order valence-electron chi connectivity index (χ0n) is 11.3. The normalized spacial score (nSPS) is 11.5. The van der Waals surface area contributed by atoms with Gasteiger partial charge in [-0.2, -0.15) is 13.2 Å². The van der Waals surface area contributed by atoms with Crippen LogP contribution in [0.1, 0.15) is 24.2 Å². The Balaban J connectivity index is 2.70. The molecule has 0 spiro atoms. The lowest BCUT2D eigenvalue weighted by atomic mass is 10.1. The topological polar surface area (TPSA) is 64.3 Å². The van der Waals surface area contributed by atoms with Crippen LogP contribution in [0.25, 0.3) is 0 Å². The molecule has 0 atom stereocenters. The van der Waals surface area contributed by atoms with Crippen molar-refractivity contribution in [3.8, 4) is 5.75 Å². The van der Waals surface area contributed by atoms with E-state index >= 15 is 0 Å². The van der Waals surface area contributed by atoms with Crippen LogP contribution in [0.15, 0.2) is 18.2 Å². The number of carbonyl (C=O) groups is 1. The number of nitrogens with one attached hydrogen (secondary N) is 1. The molecule has 1 rings (SSSR count). The molecule has 0 unspecified atom stereocenters. The molecule has 0 saturated heterocycles. The third-order valence-electron chi connectivity index (χ3n) is 2.33. The lowest BCUT2D eigenvalue weighted by Gasteiger charge is -2.12. The summed E-state index contributed by atoms with van der Waals surface area (Å²) in [5, 5.41) is 2.69. The Morgan fingerprint density at radius 3 is 2.55 bits per heavy atom. The molecule has 4 nitrogen and oxygen atoms in total. The molecule has 0 aliphatic rings. The van der Waals surface area contributed by atoms with Crippen molar-refractivity contribution in [1.29, 1.82) is 0 Å². The summed E-state index contributed by atoms with van der Waals surface area (Å²) in [4.78, 5) is 11.7. The average Bonchev–Trinajstić information content (AvgIpc) is 2.33. The van der Waals surface area contributed by atoms with E-state index in [-0.39, 0.29) is 22.9 Å². The number of nitrogens with two attached hydrogens (primary N) is 1. The number of hydrogen-bond acceptors (Lipinski definition) is 3. The largest absolute Gasteiger partial charge is 0.482 e. The highest BCUT2D eigenvalue weighted by Gasteiger charge is 2.28. The van der Waals surface area contributed by atoms with Gasteiger partial charge >= 0.3 is 6.18 Å². The van der Waals surface area contributed by atoms with E-state index in [0.29, 0.717) is 12.5 Å². The van der Waals surface area contributed by atoms with Gasteiger partial charge in [-0.15, -0.1) is 0 Å². The predicted octanol–water partition coefficient (Wildman–Crippen LogP) is 2.60. The van der Waals surface area contributed by atoms with Crippen LogP contribution in [-0.4, -0.2) is 25.2 Å². The Kier molecular flexibility index (Phi) is 5.24. The Bertz CT molecular complexity index is 473. The summed E-state index contributed by atoms with van der Waals surface area (Å²) in [7, 11) is 0. The lowest BCUT2D eigenvalue weighted by Crippen LogP contribution is -2.27. The van der Waals surface area contributed by atoms with Gasteiger partial charge in [-0.1, -0.05) is 13.8 Å². The number of ether oxygens (including phenoxy) is 1. The SMILES string of the molecule is CC(C)CNC(=O)c1ccc(OCC(F)(F)F)c(N)c1. The van der Waals surface area contributed by atoms with Gasteiger partial charge in [-0.05, 0) is 24.1 Å². The van der Waals surface area contributed by atoms with Gasteiger partial charge in [-0.3, -0.25) is 4.79 Å². The maximum atomic E-state index is 12.0. The van der Waals surface area contributed by atoms with Crippen LogP contribution in [0.3, 0.4) is 0 Å². The Labute approximate surface area is 115 Å². The Morgan fingerprint density at radius 1 is 1.40 bits per heavy atom. The van der Waals surface area contributed by atoms with E-state index in [1.54, 1.807) is 0 Å². The van der Waals surface area contributed by atoms with Crippen molar-refractivity contribution in [2.45, 2.75) is 20.0 Å². The van der Waals surface area contributed by atoms with Gasteiger partial charge in [0, 0.05) is 12.1 Å². The van der Waals surface area contributed by atoms with Gasteiger partial charge in [0.05, 0.1) is 5.69 Å².